The Kier molecular flexibility index (Phi) is 4.79. The minimum absolute atomic E-state index is 0.0170. The van der Waals surface area contributed by atoms with Crippen molar-refractivity contribution >= 4 is 11.6 Å². The van der Waals surface area contributed by atoms with Crippen molar-refractivity contribution in [2.24, 2.45) is 0 Å². The molecule has 1 amide bonds. The van der Waals surface area contributed by atoms with Gasteiger partial charge in [0.25, 0.3) is 0 Å². The quantitative estimate of drug-likeness (QED) is 0.733. The summed E-state index contributed by atoms with van der Waals surface area (Å²) < 4.78 is 1.74. The van der Waals surface area contributed by atoms with E-state index >= 15 is 0 Å². The summed E-state index contributed by atoms with van der Waals surface area (Å²) in [4.78, 5) is 16.3. The molecule has 0 saturated carbocycles. The lowest BCUT2D eigenvalue weighted by atomic mass is 10.1. The van der Waals surface area contributed by atoms with Crippen LogP contribution in [0.2, 0.25) is 0 Å². The Morgan fingerprint density at radius 1 is 1.25 bits per heavy atom. The van der Waals surface area contributed by atoms with E-state index in [1.54, 1.807) is 16.5 Å². The molecule has 0 fully saturated rings. The number of amides is 1. The second kappa shape index (κ2) is 7.17. The Hall–Kier alpha value is -2.82. The van der Waals surface area contributed by atoms with Crippen LogP contribution in [-0.2, 0) is 17.8 Å². The first kappa shape index (κ1) is 16.1. The van der Waals surface area contributed by atoms with Crippen LogP contribution in [0.1, 0.15) is 29.7 Å². The molecule has 0 saturated heterocycles. The highest BCUT2D eigenvalue weighted by atomic mass is 16.3. The Balaban J connectivity index is 1.46. The number of aryl methyl sites for hydroxylation is 2. The Bertz CT molecular complexity index is 837. The van der Waals surface area contributed by atoms with Gasteiger partial charge in [0.15, 0.2) is 11.4 Å². The summed E-state index contributed by atoms with van der Waals surface area (Å²) in [6.45, 7) is 2.43. The van der Waals surface area contributed by atoms with Gasteiger partial charge in [-0.3, -0.25) is 4.79 Å². The zero-order chi connectivity index (χ0) is 16.9. The fourth-order valence-corrected chi connectivity index (χ4v) is 2.62. The summed E-state index contributed by atoms with van der Waals surface area (Å²) in [5.74, 6) is 0.150. The van der Waals surface area contributed by atoms with Gasteiger partial charge in [-0.25, -0.2) is 4.98 Å². The minimum Gasteiger partial charge on any atom is -0.504 e. The lowest BCUT2D eigenvalue weighted by Crippen LogP contribution is -2.22. The van der Waals surface area contributed by atoms with Crippen LogP contribution < -0.4 is 5.32 Å². The number of nitrogens with one attached hydrogen (secondary N) is 1. The van der Waals surface area contributed by atoms with Gasteiger partial charge in [0, 0.05) is 18.8 Å². The van der Waals surface area contributed by atoms with Crippen LogP contribution in [-0.4, -0.2) is 20.4 Å². The minimum atomic E-state index is 0.0170. The summed E-state index contributed by atoms with van der Waals surface area (Å²) >= 11 is 0. The van der Waals surface area contributed by atoms with Gasteiger partial charge in [-0.2, -0.15) is 0 Å². The van der Waals surface area contributed by atoms with Gasteiger partial charge >= 0.3 is 0 Å². The maximum Gasteiger partial charge on any atom is 0.220 e. The fraction of sp³-hybridized carbons (Fsp3) is 0.263. The van der Waals surface area contributed by atoms with Crippen LogP contribution >= 0.6 is 0 Å². The zero-order valence-corrected chi connectivity index (χ0v) is 13.7. The van der Waals surface area contributed by atoms with E-state index in [4.69, 9.17) is 0 Å². The molecular weight excluding hydrogens is 302 g/mol. The molecule has 3 aromatic rings. The number of fused-ring (bicyclic) bond motifs is 1. The Morgan fingerprint density at radius 2 is 2.04 bits per heavy atom. The number of hydrogen-bond acceptors (Lipinski definition) is 3. The van der Waals surface area contributed by atoms with Crippen molar-refractivity contribution in [3.8, 4) is 5.75 Å². The van der Waals surface area contributed by atoms with E-state index in [9.17, 15) is 9.90 Å². The largest absolute Gasteiger partial charge is 0.504 e. The molecule has 2 N–H and O–H groups in total. The van der Waals surface area contributed by atoms with Crippen molar-refractivity contribution in [2.75, 3.05) is 0 Å². The van der Waals surface area contributed by atoms with E-state index in [0.717, 1.165) is 18.5 Å². The standard InChI is InChI=1S/C19H21N3O2/c1-14-7-9-15(10-8-14)4-2-6-18(24)20-12-16-13-22-11-3-5-17(23)19(22)21-16/h3,5,7-11,13,23H,2,4,6,12H2,1H3,(H,20,24). The molecule has 0 aliphatic rings. The number of aromatic hydroxyl groups is 1. The van der Waals surface area contributed by atoms with Crippen LogP contribution in [0.25, 0.3) is 5.65 Å². The van der Waals surface area contributed by atoms with E-state index in [2.05, 4.69) is 41.5 Å². The monoisotopic (exact) mass is 323 g/mol. The maximum atomic E-state index is 11.9. The molecule has 5 heteroatoms. The molecule has 2 heterocycles. The molecule has 3 rings (SSSR count). The average Bonchev–Trinajstić information content (AvgIpc) is 2.99. The van der Waals surface area contributed by atoms with Gasteiger partial charge in [-0.1, -0.05) is 29.8 Å². The van der Waals surface area contributed by atoms with E-state index in [0.29, 0.717) is 18.6 Å². The summed E-state index contributed by atoms with van der Waals surface area (Å²) in [6.07, 6.45) is 5.83. The number of imidazole rings is 1. The molecule has 0 atom stereocenters. The molecule has 0 radical (unpaired) electrons. The first-order chi connectivity index (χ1) is 11.6. The predicted molar refractivity (Wildman–Crippen MR) is 92.8 cm³/mol. The molecule has 5 nitrogen and oxygen atoms in total. The molecule has 1 aromatic carbocycles. The fourth-order valence-electron chi connectivity index (χ4n) is 2.62. The molecule has 0 unspecified atom stereocenters. The van der Waals surface area contributed by atoms with Crippen LogP contribution in [0.3, 0.4) is 0 Å². The van der Waals surface area contributed by atoms with Gasteiger partial charge in [-0.05, 0) is 37.5 Å². The molecule has 24 heavy (non-hydrogen) atoms. The topological polar surface area (TPSA) is 66.6 Å². The van der Waals surface area contributed by atoms with Gasteiger partial charge in [0.2, 0.25) is 5.91 Å². The number of carbonyl (C=O) groups is 1. The smallest absolute Gasteiger partial charge is 0.220 e. The van der Waals surface area contributed by atoms with Crippen molar-refractivity contribution in [1.82, 2.24) is 14.7 Å². The molecule has 124 valence electrons. The lowest BCUT2D eigenvalue weighted by molar-refractivity contribution is -0.121. The van der Waals surface area contributed by atoms with Crippen molar-refractivity contribution in [3.63, 3.8) is 0 Å². The molecule has 2 aromatic heterocycles. The summed E-state index contributed by atoms with van der Waals surface area (Å²) in [6, 6.07) is 11.7. The third-order valence-corrected chi connectivity index (χ3v) is 3.97. The maximum absolute atomic E-state index is 11.9. The van der Waals surface area contributed by atoms with Crippen molar-refractivity contribution in [3.05, 3.63) is 65.6 Å². The second-order valence-corrected chi connectivity index (χ2v) is 5.97. The second-order valence-electron chi connectivity index (χ2n) is 5.97. The van der Waals surface area contributed by atoms with Gasteiger partial charge < -0.3 is 14.8 Å². The van der Waals surface area contributed by atoms with Crippen molar-refractivity contribution in [1.29, 1.82) is 0 Å². The highest BCUT2D eigenvalue weighted by Gasteiger charge is 2.07. The Morgan fingerprint density at radius 3 is 2.79 bits per heavy atom. The number of benzene rings is 1. The van der Waals surface area contributed by atoms with Crippen LogP contribution in [0.4, 0.5) is 0 Å². The zero-order valence-electron chi connectivity index (χ0n) is 13.7. The number of pyridine rings is 1. The molecule has 0 spiro atoms. The first-order valence-corrected chi connectivity index (χ1v) is 8.09. The predicted octanol–water partition coefficient (Wildman–Crippen LogP) is 2.99. The highest BCUT2D eigenvalue weighted by Crippen LogP contribution is 2.16. The summed E-state index contributed by atoms with van der Waals surface area (Å²) in [7, 11) is 0. The summed E-state index contributed by atoms with van der Waals surface area (Å²) in [5, 5.41) is 12.6. The number of hydrogen-bond donors (Lipinski definition) is 2. The van der Waals surface area contributed by atoms with Crippen LogP contribution in [0.5, 0.6) is 5.75 Å². The Labute approximate surface area is 141 Å². The van der Waals surface area contributed by atoms with Gasteiger partial charge in [0.1, 0.15) is 0 Å². The van der Waals surface area contributed by atoms with E-state index in [1.165, 1.54) is 11.1 Å². The normalized spacial score (nSPS) is 10.9. The SMILES string of the molecule is Cc1ccc(CCCC(=O)NCc2cn3cccc(O)c3n2)cc1. The van der Waals surface area contributed by atoms with E-state index < -0.39 is 0 Å². The number of rotatable bonds is 6. The first-order valence-electron chi connectivity index (χ1n) is 8.09. The van der Waals surface area contributed by atoms with E-state index in [1.807, 2.05) is 12.4 Å². The molecule has 0 aliphatic heterocycles. The van der Waals surface area contributed by atoms with E-state index in [-0.39, 0.29) is 11.7 Å². The van der Waals surface area contributed by atoms with Crippen LogP contribution in [0.15, 0.2) is 48.8 Å². The third-order valence-electron chi connectivity index (χ3n) is 3.97. The van der Waals surface area contributed by atoms with Crippen LogP contribution in [0, 0.1) is 6.92 Å². The molecule has 0 bridgehead atoms. The highest BCUT2D eigenvalue weighted by molar-refractivity contribution is 5.75. The lowest BCUT2D eigenvalue weighted by Gasteiger charge is -2.04. The number of carbonyl (C=O) groups excluding carboxylic acids is 1. The number of aromatic nitrogens is 2. The number of nitrogens with zero attached hydrogens (tertiary/aromatic N) is 2. The third kappa shape index (κ3) is 3.93. The van der Waals surface area contributed by atoms with Crippen molar-refractivity contribution in [2.45, 2.75) is 32.7 Å². The molecule has 0 aliphatic carbocycles. The molecular formula is C19H21N3O2. The van der Waals surface area contributed by atoms with Gasteiger partial charge in [-0.15, -0.1) is 0 Å². The van der Waals surface area contributed by atoms with Gasteiger partial charge in [0.05, 0.1) is 12.2 Å². The average molecular weight is 323 g/mol. The van der Waals surface area contributed by atoms with Crippen molar-refractivity contribution < 1.29 is 9.90 Å². The summed E-state index contributed by atoms with van der Waals surface area (Å²) in [5.41, 5.74) is 3.73.